The molecule has 4 heteroatoms. The van der Waals surface area contributed by atoms with Gasteiger partial charge in [-0.15, -0.1) is 0 Å². The van der Waals surface area contributed by atoms with Crippen molar-refractivity contribution in [2.45, 2.75) is 142 Å². The Labute approximate surface area is 198 Å². The van der Waals surface area contributed by atoms with E-state index < -0.39 is 11.9 Å². The largest absolute Gasteiger partial charge is 0.481 e. The first-order valence-electron chi connectivity index (χ1n) is 13.6. The smallest absolute Gasteiger partial charge is 0.307 e. The van der Waals surface area contributed by atoms with Gasteiger partial charge in [-0.3, -0.25) is 9.59 Å². The summed E-state index contributed by atoms with van der Waals surface area (Å²) in [6.07, 6.45) is 27.7. The third kappa shape index (κ3) is 21.9. The van der Waals surface area contributed by atoms with Gasteiger partial charge < -0.3 is 9.84 Å². The van der Waals surface area contributed by atoms with Crippen molar-refractivity contribution in [1.82, 2.24) is 0 Å². The van der Waals surface area contributed by atoms with Gasteiger partial charge in [0.2, 0.25) is 0 Å². The number of hydrogen-bond donors (Lipinski definition) is 1. The third-order valence-corrected chi connectivity index (χ3v) is 6.04. The molecule has 0 amide bonds. The first-order chi connectivity index (χ1) is 15.6. The fourth-order valence-corrected chi connectivity index (χ4v) is 3.96. The average molecular weight is 453 g/mol. The molecule has 0 aromatic carbocycles. The van der Waals surface area contributed by atoms with Crippen LogP contribution in [0.3, 0.4) is 0 Å². The second kappa shape index (κ2) is 24.3. The van der Waals surface area contributed by atoms with Gasteiger partial charge in [-0.05, 0) is 38.5 Å². The molecular weight excluding hydrogens is 400 g/mol. The van der Waals surface area contributed by atoms with Crippen molar-refractivity contribution in [3.63, 3.8) is 0 Å². The van der Waals surface area contributed by atoms with E-state index >= 15 is 0 Å². The fraction of sp³-hybridized carbons (Fsp3) is 0.857. The lowest BCUT2D eigenvalue weighted by atomic mass is 9.97. The van der Waals surface area contributed by atoms with Crippen LogP contribution in [0.15, 0.2) is 12.2 Å². The lowest BCUT2D eigenvalue weighted by molar-refractivity contribution is -0.151. The molecule has 0 rings (SSSR count). The van der Waals surface area contributed by atoms with Gasteiger partial charge in [0, 0.05) is 0 Å². The lowest BCUT2D eigenvalue weighted by Gasteiger charge is -2.11. The van der Waals surface area contributed by atoms with E-state index in [-0.39, 0.29) is 12.4 Å². The number of hydrogen-bond acceptors (Lipinski definition) is 3. The zero-order valence-electron chi connectivity index (χ0n) is 21.3. The molecule has 32 heavy (non-hydrogen) atoms. The lowest BCUT2D eigenvalue weighted by Crippen LogP contribution is -2.19. The SMILES string of the molecule is CCCCCCCCCC/C=C/CCCCCCCCCC(CC(=O)OCCC)C(=O)O. The number of carboxylic acids is 1. The zero-order valence-corrected chi connectivity index (χ0v) is 21.3. The Morgan fingerprint density at radius 3 is 1.62 bits per heavy atom. The number of rotatable bonds is 24. The van der Waals surface area contributed by atoms with E-state index in [1.807, 2.05) is 6.92 Å². The Morgan fingerprint density at radius 1 is 0.688 bits per heavy atom. The van der Waals surface area contributed by atoms with Gasteiger partial charge in [-0.25, -0.2) is 0 Å². The summed E-state index contributed by atoms with van der Waals surface area (Å²) >= 11 is 0. The minimum Gasteiger partial charge on any atom is -0.481 e. The molecule has 0 saturated heterocycles. The topological polar surface area (TPSA) is 63.6 Å². The van der Waals surface area contributed by atoms with Crippen molar-refractivity contribution in [2.24, 2.45) is 5.92 Å². The van der Waals surface area contributed by atoms with E-state index in [4.69, 9.17) is 4.74 Å². The molecule has 0 aliphatic heterocycles. The van der Waals surface area contributed by atoms with Crippen molar-refractivity contribution in [1.29, 1.82) is 0 Å². The Hall–Kier alpha value is -1.32. The second-order valence-electron chi connectivity index (χ2n) is 9.25. The molecule has 4 nitrogen and oxygen atoms in total. The highest BCUT2D eigenvalue weighted by molar-refractivity contribution is 5.78. The van der Waals surface area contributed by atoms with Crippen LogP contribution in [0.1, 0.15) is 142 Å². The van der Waals surface area contributed by atoms with Gasteiger partial charge in [0.25, 0.3) is 0 Å². The maximum absolute atomic E-state index is 11.6. The minimum atomic E-state index is -0.881. The Kier molecular flexibility index (Phi) is 23.3. The van der Waals surface area contributed by atoms with Crippen LogP contribution < -0.4 is 0 Å². The van der Waals surface area contributed by atoms with E-state index in [1.54, 1.807) is 0 Å². The molecular formula is C28H52O4. The summed E-state index contributed by atoms with van der Waals surface area (Å²) in [7, 11) is 0. The van der Waals surface area contributed by atoms with Crippen molar-refractivity contribution < 1.29 is 19.4 Å². The van der Waals surface area contributed by atoms with Crippen LogP contribution in [0.5, 0.6) is 0 Å². The summed E-state index contributed by atoms with van der Waals surface area (Å²) in [5, 5.41) is 9.29. The number of aliphatic carboxylic acids is 1. The molecule has 0 aromatic rings. The molecule has 1 atom stereocenters. The van der Waals surface area contributed by atoms with Crippen LogP contribution >= 0.6 is 0 Å². The van der Waals surface area contributed by atoms with Crippen molar-refractivity contribution in [2.75, 3.05) is 6.61 Å². The first-order valence-corrected chi connectivity index (χ1v) is 13.6. The summed E-state index contributed by atoms with van der Waals surface area (Å²) in [5.74, 6) is -1.86. The van der Waals surface area contributed by atoms with Gasteiger partial charge in [0.1, 0.15) is 0 Å². The molecule has 1 unspecified atom stereocenters. The summed E-state index contributed by atoms with van der Waals surface area (Å²) < 4.78 is 5.01. The summed E-state index contributed by atoms with van der Waals surface area (Å²) in [5.41, 5.74) is 0. The molecule has 0 aromatic heterocycles. The van der Waals surface area contributed by atoms with E-state index in [2.05, 4.69) is 19.1 Å². The predicted molar refractivity (Wildman–Crippen MR) is 135 cm³/mol. The number of unbranched alkanes of at least 4 members (excludes halogenated alkanes) is 15. The number of ether oxygens (including phenoxy) is 1. The summed E-state index contributed by atoms with van der Waals surface area (Å²) in [6.45, 7) is 4.57. The third-order valence-electron chi connectivity index (χ3n) is 6.04. The van der Waals surface area contributed by atoms with Gasteiger partial charge in [0.05, 0.1) is 18.9 Å². The van der Waals surface area contributed by atoms with Crippen LogP contribution in [0.2, 0.25) is 0 Å². The van der Waals surface area contributed by atoms with Gasteiger partial charge in [-0.1, -0.05) is 109 Å². The maximum Gasteiger partial charge on any atom is 0.307 e. The molecule has 0 spiro atoms. The number of carbonyl (C=O) groups excluding carboxylic acids is 1. The van der Waals surface area contributed by atoms with Crippen molar-refractivity contribution in [3.8, 4) is 0 Å². The highest BCUT2D eigenvalue weighted by Crippen LogP contribution is 2.17. The van der Waals surface area contributed by atoms with Crippen LogP contribution in [-0.2, 0) is 14.3 Å². The van der Waals surface area contributed by atoms with Crippen LogP contribution in [0, 0.1) is 5.92 Å². The number of carbonyl (C=O) groups is 2. The number of carboxylic acid groups (broad SMARTS) is 1. The monoisotopic (exact) mass is 452 g/mol. The maximum atomic E-state index is 11.6. The molecule has 0 saturated carbocycles. The summed E-state index contributed by atoms with van der Waals surface area (Å²) in [4.78, 5) is 22.9. The number of allylic oxidation sites excluding steroid dienone is 2. The van der Waals surface area contributed by atoms with E-state index in [1.165, 1.54) is 89.9 Å². The van der Waals surface area contributed by atoms with Gasteiger partial charge in [0.15, 0.2) is 0 Å². The minimum absolute atomic E-state index is 0.00188. The normalized spacial score (nSPS) is 12.3. The fourth-order valence-electron chi connectivity index (χ4n) is 3.96. The standard InChI is InChI=1S/C28H52O4/c1-3-5-6-7-8-9-10-11-12-13-14-15-16-17-18-19-20-21-22-23-26(28(30)31)25-27(29)32-24-4-2/h13-14,26H,3-12,15-25H2,1-2H3,(H,30,31)/b14-13+. The van der Waals surface area contributed by atoms with Crippen LogP contribution in [0.25, 0.3) is 0 Å². The Balaban J connectivity index is 3.44. The molecule has 0 aliphatic carbocycles. The highest BCUT2D eigenvalue weighted by atomic mass is 16.5. The zero-order chi connectivity index (χ0) is 23.7. The average Bonchev–Trinajstić information content (AvgIpc) is 2.78. The molecule has 188 valence electrons. The van der Waals surface area contributed by atoms with E-state index in [9.17, 15) is 14.7 Å². The van der Waals surface area contributed by atoms with Crippen LogP contribution in [-0.4, -0.2) is 23.7 Å². The summed E-state index contributed by atoms with van der Waals surface area (Å²) in [6, 6.07) is 0. The Bertz CT molecular complexity index is 458. The van der Waals surface area contributed by atoms with Crippen molar-refractivity contribution in [3.05, 3.63) is 12.2 Å². The highest BCUT2D eigenvalue weighted by Gasteiger charge is 2.21. The molecule has 0 fully saturated rings. The van der Waals surface area contributed by atoms with Crippen molar-refractivity contribution >= 4 is 11.9 Å². The number of esters is 1. The van der Waals surface area contributed by atoms with E-state index in [0.29, 0.717) is 13.0 Å². The van der Waals surface area contributed by atoms with E-state index in [0.717, 1.165) is 25.7 Å². The van der Waals surface area contributed by atoms with Gasteiger partial charge >= 0.3 is 11.9 Å². The van der Waals surface area contributed by atoms with Crippen LogP contribution in [0.4, 0.5) is 0 Å². The van der Waals surface area contributed by atoms with Gasteiger partial charge in [-0.2, -0.15) is 0 Å². The molecule has 0 radical (unpaired) electrons. The molecule has 0 aliphatic rings. The molecule has 0 heterocycles. The Morgan fingerprint density at radius 2 is 1.16 bits per heavy atom. The second-order valence-corrected chi connectivity index (χ2v) is 9.25. The molecule has 0 bridgehead atoms. The quantitative estimate of drug-likeness (QED) is 0.0904. The molecule has 1 N–H and O–H groups in total. The first kappa shape index (κ1) is 30.7. The predicted octanol–water partition coefficient (Wildman–Crippen LogP) is 8.63.